The Morgan fingerprint density at radius 3 is 2.38 bits per heavy atom. The number of aryl methyl sites for hydroxylation is 1. The summed E-state index contributed by atoms with van der Waals surface area (Å²) in [6.45, 7) is 0.178. The first kappa shape index (κ1) is 32.2. The van der Waals surface area contributed by atoms with Crippen LogP contribution in [0.5, 0.6) is 11.5 Å². The normalized spacial score (nSPS) is 12.0. The van der Waals surface area contributed by atoms with Crippen molar-refractivity contribution >= 4 is 66.5 Å². The van der Waals surface area contributed by atoms with Crippen LogP contribution in [0.2, 0.25) is 10.0 Å². The van der Waals surface area contributed by atoms with Crippen molar-refractivity contribution in [2.75, 3.05) is 5.75 Å². The molecule has 5 rings (SSSR count). The molecule has 2 N–H and O–H groups in total. The Kier molecular flexibility index (Phi) is 10.2. The molecule has 0 saturated carbocycles. The first-order valence-corrected chi connectivity index (χ1v) is 16.8. The molecule has 9 nitrogen and oxygen atoms in total. The van der Waals surface area contributed by atoms with Gasteiger partial charge in [-0.1, -0.05) is 41.4 Å². The third-order valence-corrected chi connectivity index (χ3v) is 9.86. The summed E-state index contributed by atoms with van der Waals surface area (Å²) < 4.78 is 37.4. The van der Waals surface area contributed by atoms with E-state index in [1.807, 2.05) is 12.1 Å². The topological polar surface area (TPSA) is 132 Å². The van der Waals surface area contributed by atoms with E-state index < -0.39 is 27.9 Å². The Morgan fingerprint density at radius 2 is 1.64 bits per heavy atom. The predicted molar refractivity (Wildman–Crippen MR) is 173 cm³/mol. The lowest BCUT2D eigenvalue weighted by Gasteiger charge is -2.17. The summed E-state index contributed by atoms with van der Waals surface area (Å²) in [5, 5.41) is 13.9. The van der Waals surface area contributed by atoms with Crippen LogP contribution in [-0.2, 0) is 27.7 Å². The first-order valence-electron chi connectivity index (χ1n) is 13.6. The first-order chi connectivity index (χ1) is 21.6. The van der Waals surface area contributed by atoms with Gasteiger partial charge in [-0.25, -0.2) is 18.2 Å². The summed E-state index contributed by atoms with van der Waals surface area (Å²) in [5.74, 6) is -1.47. The number of fused-ring (bicyclic) bond motifs is 1. The zero-order chi connectivity index (χ0) is 32.0. The number of carbonyl (C=O) groups excluding carboxylic acids is 1. The molecule has 0 aliphatic rings. The SMILES string of the molecule is O=C(NC(Oc1ccc(CCCS(=O)(=O)c2ccc(Cl)cc2)cc1)C(=O)O)c1cccc(OCc2nc3ccc(Cl)cc3s2)c1. The number of rotatable bonds is 13. The molecular formula is C32H26Cl2N2O7S2. The van der Waals surface area contributed by atoms with Crippen molar-refractivity contribution < 1.29 is 32.6 Å². The summed E-state index contributed by atoms with van der Waals surface area (Å²) in [4.78, 5) is 29.5. The largest absolute Gasteiger partial charge is 0.486 e. The molecule has 1 heterocycles. The highest BCUT2D eigenvalue weighted by Crippen LogP contribution is 2.26. The van der Waals surface area contributed by atoms with Crippen molar-refractivity contribution in [3.8, 4) is 11.5 Å². The molecule has 1 aromatic heterocycles. The minimum Gasteiger partial charge on any atom is -0.486 e. The molecule has 0 radical (unpaired) electrons. The van der Waals surface area contributed by atoms with Gasteiger partial charge >= 0.3 is 5.97 Å². The molecule has 0 aliphatic heterocycles. The number of halogens is 2. The van der Waals surface area contributed by atoms with E-state index >= 15 is 0 Å². The van der Waals surface area contributed by atoms with E-state index in [0.717, 1.165) is 20.8 Å². The number of carboxylic acid groups (broad SMARTS) is 1. The summed E-state index contributed by atoms with van der Waals surface area (Å²) in [6, 6.07) is 24.4. The van der Waals surface area contributed by atoms with Gasteiger partial charge in [-0.15, -0.1) is 11.3 Å². The molecule has 5 aromatic rings. The number of aromatic nitrogens is 1. The number of carbonyl (C=O) groups is 2. The van der Waals surface area contributed by atoms with Crippen molar-refractivity contribution in [2.24, 2.45) is 0 Å². The van der Waals surface area contributed by atoms with Gasteiger partial charge in [-0.3, -0.25) is 4.79 Å². The van der Waals surface area contributed by atoms with Gasteiger partial charge < -0.3 is 19.9 Å². The van der Waals surface area contributed by atoms with Crippen LogP contribution in [0.15, 0.2) is 95.9 Å². The summed E-state index contributed by atoms with van der Waals surface area (Å²) >= 11 is 13.3. The fraction of sp³-hybridized carbons (Fsp3) is 0.156. The number of carboxylic acids is 1. The van der Waals surface area contributed by atoms with Crippen molar-refractivity contribution in [3.05, 3.63) is 117 Å². The van der Waals surface area contributed by atoms with Crippen LogP contribution in [0, 0.1) is 0 Å². The Hall–Kier alpha value is -4.16. The van der Waals surface area contributed by atoms with Gasteiger partial charge in [-0.05, 0) is 91.2 Å². The number of aliphatic carboxylic acids is 1. The Balaban J connectivity index is 1.14. The lowest BCUT2D eigenvalue weighted by atomic mass is 10.1. The maximum absolute atomic E-state index is 12.9. The Bertz CT molecular complexity index is 1930. The number of benzene rings is 4. The van der Waals surface area contributed by atoms with E-state index in [0.29, 0.717) is 28.6 Å². The fourth-order valence-corrected chi connectivity index (χ4v) is 6.91. The number of nitrogens with one attached hydrogen (secondary N) is 1. The minimum absolute atomic E-state index is 0.0381. The second-order valence-corrected chi connectivity index (χ2v) is 14.0. The van der Waals surface area contributed by atoms with Crippen molar-refractivity contribution in [1.82, 2.24) is 10.3 Å². The highest BCUT2D eigenvalue weighted by molar-refractivity contribution is 7.91. The third kappa shape index (κ3) is 8.73. The van der Waals surface area contributed by atoms with Crippen molar-refractivity contribution in [2.45, 2.75) is 30.6 Å². The number of nitrogens with zero attached hydrogens (tertiary/aromatic N) is 1. The number of thiazole rings is 1. The molecule has 13 heteroatoms. The standard InChI is InChI=1S/C32H26Cl2N2O7S2/c33-22-8-13-26(14-9-22)45(40,41)16-2-3-20-6-11-24(12-7-20)43-31(32(38)39)36-30(37)21-4-1-5-25(17-21)42-19-29-35-27-15-10-23(34)18-28(27)44-29/h1,4-15,17-18,31H,2-3,16,19H2,(H,36,37)(H,38,39). The number of ether oxygens (including phenoxy) is 2. The zero-order valence-corrected chi connectivity index (χ0v) is 26.6. The monoisotopic (exact) mass is 684 g/mol. The molecule has 0 spiro atoms. The van der Waals surface area contributed by atoms with Gasteiger partial charge in [0.2, 0.25) is 0 Å². The average Bonchev–Trinajstić information content (AvgIpc) is 3.43. The lowest BCUT2D eigenvalue weighted by molar-refractivity contribution is -0.146. The van der Waals surface area contributed by atoms with Gasteiger partial charge in [0.25, 0.3) is 12.1 Å². The van der Waals surface area contributed by atoms with E-state index in [9.17, 15) is 23.1 Å². The van der Waals surface area contributed by atoms with Gasteiger partial charge in [0, 0.05) is 15.6 Å². The van der Waals surface area contributed by atoms with Crippen LogP contribution < -0.4 is 14.8 Å². The lowest BCUT2D eigenvalue weighted by Crippen LogP contribution is -2.44. The van der Waals surface area contributed by atoms with Crippen molar-refractivity contribution in [1.29, 1.82) is 0 Å². The molecule has 0 aliphatic carbocycles. The quantitative estimate of drug-likeness (QED) is 0.129. The second kappa shape index (κ2) is 14.3. The fourth-order valence-electron chi connectivity index (χ4n) is 4.32. The molecule has 0 saturated heterocycles. The van der Waals surface area contributed by atoms with Crippen LogP contribution in [-0.4, -0.2) is 42.4 Å². The number of sulfone groups is 1. The Morgan fingerprint density at radius 1 is 0.911 bits per heavy atom. The smallest absolute Gasteiger partial charge is 0.366 e. The van der Waals surface area contributed by atoms with Crippen molar-refractivity contribution in [3.63, 3.8) is 0 Å². The number of hydrogen-bond acceptors (Lipinski definition) is 8. The van der Waals surface area contributed by atoms with Crippen LogP contribution in [0.25, 0.3) is 10.2 Å². The second-order valence-electron chi connectivity index (χ2n) is 9.87. The molecule has 1 atom stereocenters. The van der Waals surface area contributed by atoms with Crippen LogP contribution >= 0.6 is 34.5 Å². The Labute approximate surface area is 273 Å². The molecule has 0 bridgehead atoms. The van der Waals surface area contributed by atoms with E-state index in [-0.39, 0.29) is 28.6 Å². The maximum Gasteiger partial charge on any atom is 0.366 e. The minimum atomic E-state index is -3.44. The molecule has 1 amide bonds. The predicted octanol–water partition coefficient (Wildman–Crippen LogP) is 6.81. The summed E-state index contributed by atoms with van der Waals surface area (Å²) in [6.07, 6.45) is -0.790. The molecule has 4 aromatic carbocycles. The van der Waals surface area contributed by atoms with Crippen LogP contribution in [0.3, 0.4) is 0 Å². The van der Waals surface area contributed by atoms with E-state index in [2.05, 4.69) is 10.3 Å². The van der Waals surface area contributed by atoms with Gasteiger partial charge in [-0.2, -0.15) is 0 Å². The van der Waals surface area contributed by atoms with E-state index in [1.165, 1.54) is 47.7 Å². The number of hydrogen-bond donors (Lipinski definition) is 2. The highest BCUT2D eigenvalue weighted by Gasteiger charge is 2.23. The maximum atomic E-state index is 12.9. The van der Waals surface area contributed by atoms with Crippen LogP contribution in [0.4, 0.5) is 0 Å². The van der Waals surface area contributed by atoms with Gasteiger partial charge in [0.1, 0.15) is 23.1 Å². The number of amides is 1. The molecule has 1 unspecified atom stereocenters. The van der Waals surface area contributed by atoms with E-state index in [1.54, 1.807) is 42.5 Å². The highest BCUT2D eigenvalue weighted by atomic mass is 35.5. The molecular weight excluding hydrogens is 659 g/mol. The van der Waals surface area contributed by atoms with Gasteiger partial charge in [0.05, 0.1) is 20.9 Å². The molecule has 232 valence electrons. The molecule has 0 fully saturated rings. The zero-order valence-electron chi connectivity index (χ0n) is 23.5. The third-order valence-electron chi connectivity index (χ3n) is 6.57. The summed E-state index contributed by atoms with van der Waals surface area (Å²) in [5.41, 5.74) is 1.84. The average molecular weight is 686 g/mol. The van der Waals surface area contributed by atoms with E-state index in [4.69, 9.17) is 32.7 Å². The molecule has 45 heavy (non-hydrogen) atoms. The van der Waals surface area contributed by atoms with Gasteiger partial charge in [0.15, 0.2) is 9.84 Å². The van der Waals surface area contributed by atoms with Crippen LogP contribution in [0.1, 0.15) is 27.3 Å². The summed E-state index contributed by atoms with van der Waals surface area (Å²) in [7, 11) is -3.44.